The van der Waals surface area contributed by atoms with Gasteiger partial charge >= 0.3 is 0 Å². The van der Waals surface area contributed by atoms with Gasteiger partial charge in [0.05, 0.1) is 18.6 Å². The molecule has 3 rings (SSSR count). The second-order valence-corrected chi connectivity index (χ2v) is 7.28. The fourth-order valence-corrected chi connectivity index (χ4v) is 3.65. The number of furan rings is 1. The summed E-state index contributed by atoms with van der Waals surface area (Å²) in [4.78, 5) is 14.7. The van der Waals surface area contributed by atoms with Gasteiger partial charge in [0.2, 0.25) is 5.91 Å². The highest BCUT2D eigenvalue weighted by Crippen LogP contribution is 2.17. The summed E-state index contributed by atoms with van der Waals surface area (Å²) in [6.45, 7) is 3.17. The third-order valence-electron chi connectivity index (χ3n) is 4.07. The first-order chi connectivity index (χ1) is 12.7. The molecule has 134 valence electrons. The van der Waals surface area contributed by atoms with Gasteiger partial charge in [0.1, 0.15) is 5.76 Å². The van der Waals surface area contributed by atoms with Crippen LogP contribution in [0.4, 0.5) is 0 Å². The molecule has 0 spiro atoms. The summed E-state index contributed by atoms with van der Waals surface area (Å²) in [7, 11) is 0. The number of hydrogen-bond acceptors (Lipinski definition) is 3. The molecule has 0 radical (unpaired) electrons. The molecule has 1 amide bonds. The largest absolute Gasteiger partial charge is 0.467 e. The quantitative estimate of drug-likeness (QED) is 0.560. The van der Waals surface area contributed by atoms with E-state index < -0.39 is 0 Å². The van der Waals surface area contributed by atoms with E-state index in [1.807, 2.05) is 47.4 Å². The zero-order valence-corrected chi connectivity index (χ0v) is 15.7. The van der Waals surface area contributed by atoms with Crippen molar-refractivity contribution < 1.29 is 9.21 Å². The van der Waals surface area contributed by atoms with Gasteiger partial charge in [-0.3, -0.25) is 4.79 Å². The Morgan fingerprint density at radius 1 is 0.962 bits per heavy atom. The second kappa shape index (κ2) is 9.30. The molecule has 2 aromatic carbocycles. The molecule has 0 fully saturated rings. The molecule has 0 bridgehead atoms. The summed E-state index contributed by atoms with van der Waals surface area (Å²) in [5, 5.41) is 0. The molecule has 3 aromatic rings. The Balaban J connectivity index is 1.60. The average Bonchev–Trinajstić information content (AvgIpc) is 3.15. The maximum atomic E-state index is 12.8. The smallest absolute Gasteiger partial charge is 0.233 e. The highest BCUT2D eigenvalue weighted by Gasteiger charge is 2.16. The first-order valence-electron chi connectivity index (χ1n) is 8.68. The minimum absolute atomic E-state index is 0.128. The van der Waals surface area contributed by atoms with E-state index >= 15 is 0 Å². The van der Waals surface area contributed by atoms with Crippen molar-refractivity contribution in [2.24, 2.45) is 0 Å². The van der Waals surface area contributed by atoms with Crippen LogP contribution in [0.15, 0.2) is 77.4 Å². The maximum absolute atomic E-state index is 12.8. The van der Waals surface area contributed by atoms with Crippen molar-refractivity contribution in [3.63, 3.8) is 0 Å². The molecular formula is C22H23NO2S. The fourth-order valence-electron chi connectivity index (χ4n) is 2.78. The number of amides is 1. The molecule has 0 N–H and O–H groups in total. The number of carbonyl (C=O) groups is 1. The molecular weight excluding hydrogens is 342 g/mol. The van der Waals surface area contributed by atoms with Crippen LogP contribution >= 0.6 is 11.8 Å². The Hall–Kier alpha value is -2.46. The average molecular weight is 365 g/mol. The number of nitrogens with zero attached hydrogens (tertiary/aromatic N) is 1. The van der Waals surface area contributed by atoms with Crippen LogP contribution in [0, 0.1) is 6.92 Å². The van der Waals surface area contributed by atoms with Gasteiger partial charge in [-0.1, -0.05) is 60.2 Å². The number of thioether (sulfide) groups is 1. The lowest BCUT2D eigenvalue weighted by molar-refractivity contribution is -0.129. The highest BCUT2D eigenvalue weighted by atomic mass is 32.2. The molecule has 0 atom stereocenters. The molecule has 0 aliphatic rings. The van der Waals surface area contributed by atoms with E-state index in [1.54, 1.807) is 18.0 Å². The van der Waals surface area contributed by atoms with Crippen molar-refractivity contribution in [1.29, 1.82) is 0 Å². The summed E-state index contributed by atoms with van der Waals surface area (Å²) < 4.78 is 5.44. The number of hydrogen-bond donors (Lipinski definition) is 0. The fraction of sp³-hybridized carbons (Fsp3) is 0.227. The molecule has 0 unspecified atom stereocenters. The molecule has 0 aliphatic heterocycles. The first-order valence-corrected chi connectivity index (χ1v) is 9.83. The number of rotatable bonds is 8. The normalized spacial score (nSPS) is 10.7. The van der Waals surface area contributed by atoms with E-state index in [0.717, 1.165) is 17.1 Å². The highest BCUT2D eigenvalue weighted by molar-refractivity contribution is 7.99. The summed E-state index contributed by atoms with van der Waals surface area (Å²) in [6, 6.07) is 22.3. The lowest BCUT2D eigenvalue weighted by atomic mass is 10.2. The summed E-state index contributed by atoms with van der Waals surface area (Å²) in [6.07, 6.45) is 1.65. The Kier molecular flexibility index (Phi) is 6.56. The molecule has 26 heavy (non-hydrogen) atoms. The van der Waals surface area contributed by atoms with Crippen molar-refractivity contribution in [3.8, 4) is 0 Å². The third kappa shape index (κ3) is 5.53. The number of aryl methyl sites for hydroxylation is 1. The van der Waals surface area contributed by atoms with Crippen LogP contribution in [0.25, 0.3) is 0 Å². The van der Waals surface area contributed by atoms with Crippen LogP contribution < -0.4 is 0 Å². The van der Waals surface area contributed by atoms with E-state index in [1.165, 1.54) is 11.1 Å². The van der Waals surface area contributed by atoms with Crippen molar-refractivity contribution in [3.05, 3.63) is 95.4 Å². The zero-order valence-electron chi connectivity index (χ0n) is 14.9. The Labute approximate surface area is 159 Å². The SMILES string of the molecule is Cc1cccc(CSCC(=O)N(Cc2ccccc2)Cc2ccco2)c1. The molecule has 0 saturated heterocycles. The van der Waals surface area contributed by atoms with Crippen molar-refractivity contribution >= 4 is 17.7 Å². The van der Waals surface area contributed by atoms with Gasteiger partial charge in [-0.2, -0.15) is 0 Å². The third-order valence-corrected chi connectivity index (χ3v) is 5.06. The van der Waals surface area contributed by atoms with Gasteiger partial charge in [-0.15, -0.1) is 11.8 Å². The number of benzene rings is 2. The predicted octanol–water partition coefficient (Wildman–Crippen LogP) is 5.05. The van der Waals surface area contributed by atoms with Gasteiger partial charge in [-0.25, -0.2) is 0 Å². The molecule has 4 heteroatoms. The van der Waals surface area contributed by atoms with Gasteiger partial charge in [0.25, 0.3) is 0 Å². The topological polar surface area (TPSA) is 33.5 Å². The molecule has 0 saturated carbocycles. The Morgan fingerprint density at radius 3 is 2.50 bits per heavy atom. The summed E-state index contributed by atoms with van der Waals surface area (Å²) in [5.74, 6) is 2.23. The van der Waals surface area contributed by atoms with Crippen LogP contribution in [-0.2, 0) is 23.6 Å². The minimum atomic E-state index is 0.128. The van der Waals surface area contributed by atoms with Crippen LogP contribution in [0.3, 0.4) is 0 Å². The summed E-state index contributed by atoms with van der Waals surface area (Å²) in [5.41, 5.74) is 3.62. The monoisotopic (exact) mass is 365 g/mol. The van der Waals surface area contributed by atoms with Crippen LogP contribution in [0.2, 0.25) is 0 Å². The standard InChI is InChI=1S/C22H23NO2S/c1-18-7-5-10-20(13-18)16-26-17-22(24)23(15-21-11-6-12-25-21)14-19-8-3-2-4-9-19/h2-13H,14-17H2,1H3. The van der Waals surface area contributed by atoms with Crippen LogP contribution in [-0.4, -0.2) is 16.6 Å². The zero-order chi connectivity index (χ0) is 18.2. The maximum Gasteiger partial charge on any atom is 0.233 e. The Bertz CT molecular complexity index is 815. The summed E-state index contributed by atoms with van der Waals surface area (Å²) >= 11 is 1.65. The van der Waals surface area contributed by atoms with Crippen molar-refractivity contribution in [1.82, 2.24) is 4.90 Å². The van der Waals surface area contributed by atoms with Crippen molar-refractivity contribution in [2.75, 3.05) is 5.75 Å². The van der Waals surface area contributed by atoms with E-state index in [4.69, 9.17) is 4.42 Å². The van der Waals surface area contributed by atoms with Gasteiger partial charge < -0.3 is 9.32 Å². The lowest BCUT2D eigenvalue weighted by Crippen LogP contribution is -2.31. The molecule has 0 aliphatic carbocycles. The molecule has 1 aromatic heterocycles. The minimum Gasteiger partial charge on any atom is -0.467 e. The van der Waals surface area contributed by atoms with Crippen LogP contribution in [0.1, 0.15) is 22.5 Å². The van der Waals surface area contributed by atoms with E-state index in [9.17, 15) is 4.79 Å². The van der Waals surface area contributed by atoms with Gasteiger partial charge in [-0.05, 0) is 30.2 Å². The predicted molar refractivity (Wildman–Crippen MR) is 107 cm³/mol. The lowest BCUT2D eigenvalue weighted by Gasteiger charge is -2.22. The van der Waals surface area contributed by atoms with Gasteiger partial charge in [0, 0.05) is 12.3 Å². The molecule has 1 heterocycles. The van der Waals surface area contributed by atoms with E-state index in [2.05, 4.69) is 31.2 Å². The number of carbonyl (C=O) groups excluding carboxylic acids is 1. The van der Waals surface area contributed by atoms with Gasteiger partial charge in [0.15, 0.2) is 0 Å². The van der Waals surface area contributed by atoms with Crippen molar-refractivity contribution in [2.45, 2.75) is 25.8 Å². The van der Waals surface area contributed by atoms with E-state index in [-0.39, 0.29) is 5.91 Å². The molecule has 3 nitrogen and oxygen atoms in total. The second-order valence-electron chi connectivity index (χ2n) is 6.30. The Morgan fingerprint density at radius 2 is 1.77 bits per heavy atom. The van der Waals surface area contributed by atoms with Crippen LogP contribution in [0.5, 0.6) is 0 Å². The first kappa shape index (κ1) is 18.3. The van der Waals surface area contributed by atoms with E-state index in [0.29, 0.717) is 18.8 Å².